The van der Waals surface area contributed by atoms with Crippen LogP contribution in [0.4, 0.5) is 0 Å². The van der Waals surface area contributed by atoms with Gasteiger partial charge in [0.15, 0.2) is 0 Å². The van der Waals surface area contributed by atoms with Crippen molar-refractivity contribution in [2.45, 2.75) is 31.7 Å². The van der Waals surface area contributed by atoms with Crippen LogP contribution in [0.3, 0.4) is 0 Å². The monoisotopic (exact) mass is 264 g/mol. The largest absolute Gasteiger partial charge is 0.385 e. The standard InChI is InChI=1S/C14H20N2O3/c1-19-10-8-11-5-2-3-9-16(11)14(18)12-6-4-7-13(17)15-12/h4,6-7,11H,2-3,5,8-10H2,1H3,(H,15,17)/t11-/m0/s1. The molecule has 1 aromatic heterocycles. The predicted octanol–water partition coefficient (Wildman–Crippen LogP) is 1.41. The number of nitrogens with one attached hydrogen (secondary N) is 1. The minimum atomic E-state index is -0.240. The summed E-state index contributed by atoms with van der Waals surface area (Å²) >= 11 is 0. The van der Waals surface area contributed by atoms with Crippen molar-refractivity contribution in [1.82, 2.24) is 9.88 Å². The fourth-order valence-corrected chi connectivity index (χ4v) is 2.55. The summed E-state index contributed by atoms with van der Waals surface area (Å²) < 4.78 is 5.10. The Morgan fingerprint density at radius 2 is 2.32 bits per heavy atom. The van der Waals surface area contributed by atoms with Gasteiger partial charge in [0.1, 0.15) is 5.69 Å². The van der Waals surface area contributed by atoms with Crippen molar-refractivity contribution in [3.8, 4) is 0 Å². The summed E-state index contributed by atoms with van der Waals surface area (Å²) in [6.07, 6.45) is 4.02. The van der Waals surface area contributed by atoms with Gasteiger partial charge in [0.2, 0.25) is 5.56 Å². The molecule has 104 valence electrons. The highest BCUT2D eigenvalue weighted by atomic mass is 16.5. The van der Waals surface area contributed by atoms with Gasteiger partial charge in [0.25, 0.3) is 5.91 Å². The topological polar surface area (TPSA) is 62.4 Å². The molecule has 1 saturated heterocycles. The first kappa shape index (κ1) is 13.8. The van der Waals surface area contributed by atoms with Gasteiger partial charge in [-0.3, -0.25) is 9.59 Å². The molecule has 0 radical (unpaired) electrons. The second-order valence-corrected chi connectivity index (χ2v) is 4.86. The van der Waals surface area contributed by atoms with Crippen LogP contribution in [0.2, 0.25) is 0 Å². The molecule has 0 spiro atoms. The summed E-state index contributed by atoms with van der Waals surface area (Å²) in [7, 11) is 1.67. The van der Waals surface area contributed by atoms with Gasteiger partial charge in [-0.15, -0.1) is 0 Å². The molecule has 0 unspecified atom stereocenters. The van der Waals surface area contributed by atoms with Crippen molar-refractivity contribution >= 4 is 5.91 Å². The highest BCUT2D eigenvalue weighted by molar-refractivity contribution is 5.92. The van der Waals surface area contributed by atoms with Gasteiger partial charge >= 0.3 is 0 Å². The normalized spacial score (nSPS) is 19.4. The number of ether oxygens (including phenoxy) is 1. The number of hydrogen-bond acceptors (Lipinski definition) is 3. The van der Waals surface area contributed by atoms with E-state index in [1.54, 1.807) is 19.2 Å². The predicted molar refractivity (Wildman–Crippen MR) is 72.2 cm³/mol. The zero-order chi connectivity index (χ0) is 13.7. The molecular weight excluding hydrogens is 244 g/mol. The number of pyridine rings is 1. The zero-order valence-electron chi connectivity index (χ0n) is 11.2. The molecule has 5 heteroatoms. The molecule has 5 nitrogen and oxygen atoms in total. The van der Waals surface area contributed by atoms with E-state index in [0.29, 0.717) is 12.3 Å². The highest BCUT2D eigenvalue weighted by Crippen LogP contribution is 2.21. The average molecular weight is 264 g/mol. The van der Waals surface area contributed by atoms with Gasteiger partial charge in [0.05, 0.1) is 0 Å². The van der Waals surface area contributed by atoms with E-state index in [9.17, 15) is 9.59 Å². The zero-order valence-corrected chi connectivity index (χ0v) is 11.2. The van der Waals surface area contributed by atoms with Gasteiger partial charge in [0, 0.05) is 32.4 Å². The summed E-state index contributed by atoms with van der Waals surface area (Å²) in [6, 6.07) is 4.89. The van der Waals surface area contributed by atoms with E-state index >= 15 is 0 Å². The summed E-state index contributed by atoms with van der Waals surface area (Å²) in [5, 5.41) is 0. The van der Waals surface area contributed by atoms with Gasteiger partial charge in [-0.2, -0.15) is 0 Å². The van der Waals surface area contributed by atoms with Crippen LogP contribution < -0.4 is 5.56 Å². The number of likely N-dealkylation sites (tertiary alicyclic amines) is 1. The van der Waals surface area contributed by atoms with Gasteiger partial charge in [-0.1, -0.05) is 6.07 Å². The van der Waals surface area contributed by atoms with Crippen LogP contribution in [0.25, 0.3) is 0 Å². The maximum Gasteiger partial charge on any atom is 0.270 e. The third kappa shape index (κ3) is 3.44. The van der Waals surface area contributed by atoms with Crippen molar-refractivity contribution in [3.63, 3.8) is 0 Å². The Balaban J connectivity index is 2.13. The lowest BCUT2D eigenvalue weighted by Crippen LogP contribution is -2.44. The molecular formula is C14H20N2O3. The van der Waals surface area contributed by atoms with Crippen molar-refractivity contribution in [2.75, 3.05) is 20.3 Å². The molecule has 2 heterocycles. The number of carbonyl (C=O) groups is 1. The smallest absolute Gasteiger partial charge is 0.270 e. The average Bonchev–Trinajstić information content (AvgIpc) is 2.44. The van der Waals surface area contributed by atoms with Crippen LogP contribution >= 0.6 is 0 Å². The first-order valence-electron chi connectivity index (χ1n) is 6.71. The number of H-pyrrole nitrogens is 1. The maximum atomic E-state index is 12.4. The summed E-state index contributed by atoms with van der Waals surface area (Å²) in [5.74, 6) is -0.0847. The Bertz CT molecular complexity index is 484. The van der Waals surface area contributed by atoms with Crippen LogP contribution in [-0.4, -0.2) is 42.1 Å². The number of rotatable bonds is 4. The summed E-state index contributed by atoms with van der Waals surface area (Å²) in [5.41, 5.74) is 0.133. The first-order chi connectivity index (χ1) is 9.22. The van der Waals surface area contributed by atoms with Crippen LogP contribution in [-0.2, 0) is 4.74 Å². The Hall–Kier alpha value is -1.62. The number of aromatic amines is 1. The minimum absolute atomic E-state index is 0.0847. The van der Waals surface area contributed by atoms with Crippen LogP contribution in [0, 0.1) is 0 Å². The Morgan fingerprint density at radius 3 is 3.05 bits per heavy atom. The molecule has 1 amide bonds. The van der Waals surface area contributed by atoms with Gasteiger partial charge in [-0.25, -0.2) is 0 Å². The maximum absolute atomic E-state index is 12.4. The number of hydrogen-bond donors (Lipinski definition) is 1. The highest BCUT2D eigenvalue weighted by Gasteiger charge is 2.27. The molecule has 0 saturated carbocycles. The molecule has 1 fully saturated rings. The van der Waals surface area contributed by atoms with Crippen molar-refractivity contribution in [3.05, 3.63) is 34.2 Å². The molecule has 1 N–H and O–H groups in total. The van der Waals surface area contributed by atoms with E-state index in [4.69, 9.17) is 4.74 Å². The quantitative estimate of drug-likeness (QED) is 0.894. The number of nitrogens with zero attached hydrogens (tertiary/aromatic N) is 1. The van der Waals surface area contributed by atoms with Gasteiger partial charge in [-0.05, 0) is 31.7 Å². The Morgan fingerprint density at radius 1 is 1.47 bits per heavy atom. The van der Waals surface area contributed by atoms with E-state index in [1.165, 1.54) is 6.07 Å². The molecule has 0 aromatic carbocycles. The fraction of sp³-hybridized carbons (Fsp3) is 0.571. The van der Waals surface area contributed by atoms with Crippen LogP contribution in [0.15, 0.2) is 23.0 Å². The number of amides is 1. The number of carbonyl (C=O) groups excluding carboxylic acids is 1. The first-order valence-corrected chi connectivity index (χ1v) is 6.71. The molecule has 19 heavy (non-hydrogen) atoms. The molecule has 0 bridgehead atoms. The van der Waals surface area contributed by atoms with E-state index in [2.05, 4.69) is 4.98 Å². The van der Waals surface area contributed by atoms with E-state index < -0.39 is 0 Å². The lowest BCUT2D eigenvalue weighted by molar-refractivity contribution is 0.0547. The molecule has 1 aliphatic rings. The molecule has 2 rings (SSSR count). The molecule has 1 aromatic rings. The molecule has 1 atom stereocenters. The number of aromatic nitrogens is 1. The molecule has 0 aliphatic carbocycles. The van der Waals surface area contributed by atoms with E-state index in [-0.39, 0.29) is 17.5 Å². The Kier molecular flexibility index (Phi) is 4.74. The lowest BCUT2D eigenvalue weighted by Gasteiger charge is -2.35. The fourth-order valence-electron chi connectivity index (χ4n) is 2.55. The number of piperidine rings is 1. The van der Waals surface area contributed by atoms with Crippen molar-refractivity contribution in [2.24, 2.45) is 0 Å². The SMILES string of the molecule is COCC[C@@H]1CCCCN1C(=O)c1cccc(=O)[nH]1. The Labute approximate surface area is 112 Å². The third-order valence-corrected chi connectivity index (χ3v) is 3.54. The summed E-state index contributed by atoms with van der Waals surface area (Å²) in [6.45, 7) is 1.41. The summed E-state index contributed by atoms with van der Waals surface area (Å²) in [4.78, 5) is 28.2. The third-order valence-electron chi connectivity index (χ3n) is 3.54. The van der Waals surface area contributed by atoms with Gasteiger partial charge < -0.3 is 14.6 Å². The second-order valence-electron chi connectivity index (χ2n) is 4.86. The van der Waals surface area contributed by atoms with Crippen molar-refractivity contribution in [1.29, 1.82) is 0 Å². The molecule has 1 aliphatic heterocycles. The van der Waals surface area contributed by atoms with E-state index in [0.717, 1.165) is 32.2 Å². The van der Waals surface area contributed by atoms with Crippen molar-refractivity contribution < 1.29 is 9.53 Å². The minimum Gasteiger partial charge on any atom is -0.385 e. The number of methoxy groups -OCH3 is 1. The van der Waals surface area contributed by atoms with Crippen LogP contribution in [0.1, 0.15) is 36.2 Å². The van der Waals surface area contributed by atoms with Crippen LogP contribution in [0.5, 0.6) is 0 Å². The second kappa shape index (κ2) is 6.52. The lowest BCUT2D eigenvalue weighted by atomic mass is 9.99. The van der Waals surface area contributed by atoms with E-state index in [1.807, 2.05) is 4.90 Å².